The van der Waals surface area contributed by atoms with E-state index in [0.29, 0.717) is 5.88 Å². The van der Waals surface area contributed by atoms with Crippen molar-refractivity contribution in [2.75, 3.05) is 0 Å². The molecule has 0 unspecified atom stereocenters. The number of aryl methyl sites for hydroxylation is 1. The van der Waals surface area contributed by atoms with Gasteiger partial charge in [0.05, 0.1) is 12.1 Å². The van der Waals surface area contributed by atoms with Gasteiger partial charge in [0.1, 0.15) is 5.76 Å². The fourth-order valence-electron chi connectivity index (χ4n) is 0.694. The number of halogens is 1. The van der Waals surface area contributed by atoms with Crippen molar-refractivity contribution < 1.29 is 4.42 Å². The van der Waals surface area contributed by atoms with Crippen LogP contribution in [0, 0.1) is 13.8 Å². The summed E-state index contributed by atoms with van der Waals surface area (Å²) >= 11 is 5.59. The molecule has 0 aliphatic carbocycles. The third kappa shape index (κ3) is 1.11. The molecule has 1 nitrogen and oxygen atoms in total. The highest BCUT2D eigenvalue weighted by atomic mass is 35.5. The lowest BCUT2D eigenvalue weighted by Gasteiger charge is -1.87. The zero-order chi connectivity index (χ0) is 6.85. The van der Waals surface area contributed by atoms with E-state index in [9.17, 15) is 0 Å². The predicted octanol–water partition coefficient (Wildman–Crippen LogP) is 2.64. The quantitative estimate of drug-likeness (QED) is 0.553. The second-order valence-electron chi connectivity index (χ2n) is 2.08. The van der Waals surface area contributed by atoms with Crippen molar-refractivity contribution in [1.29, 1.82) is 0 Å². The van der Waals surface area contributed by atoms with E-state index in [1.54, 1.807) is 6.26 Å². The molecule has 2 heteroatoms. The summed E-state index contributed by atoms with van der Waals surface area (Å²) in [5.74, 6) is 1.51. The molecule has 0 radical (unpaired) electrons. The maximum absolute atomic E-state index is 5.59. The molecule has 1 aromatic heterocycles. The van der Waals surface area contributed by atoms with Crippen LogP contribution in [0.4, 0.5) is 0 Å². The lowest BCUT2D eigenvalue weighted by atomic mass is 10.2. The van der Waals surface area contributed by atoms with E-state index in [1.165, 1.54) is 5.56 Å². The van der Waals surface area contributed by atoms with E-state index >= 15 is 0 Å². The summed E-state index contributed by atoms with van der Waals surface area (Å²) in [6.45, 7) is 3.95. The molecule has 0 aliphatic heterocycles. The monoisotopic (exact) mass is 144 g/mol. The summed E-state index contributed by atoms with van der Waals surface area (Å²) in [5.41, 5.74) is 2.26. The molecule has 0 saturated carbocycles. The van der Waals surface area contributed by atoms with Crippen molar-refractivity contribution in [2.24, 2.45) is 0 Å². The van der Waals surface area contributed by atoms with Crippen LogP contribution >= 0.6 is 11.6 Å². The normalized spacial score (nSPS) is 10.1. The molecule has 1 rings (SSSR count). The van der Waals surface area contributed by atoms with Crippen LogP contribution in [0.2, 0.25) is 0 Å². The van der Waals surface area contributed by atoms with Gasteiger partial charge >= 0.3 is 0 Å². The van der Waals surface area contributed by atoms with Gasteiger partial charge in [-0.15, -0.1) is 11.6 Å². The summed E-state index contributed by atoms with van der Waals surface area (Å²) in [6.07, 6.45) is 1.71. The molecule has 0 N–H and O–H groups in total. The average molecular weight is 145 g/mol. The van der Waals surface area contributed by atoms with Crippen LogP contribution in [0.25, 0.3) is 0 Å². The Hall–Kier alpha value is -0.430. The largest absolute Gasteiger partial charge is 0.469 e. The summed E-state index contributed by atoms with van der Waals surface area (Å²) in [4.78, 5) is 0. The van der Waals surface area contributed by atoms with Gasteiger partial charge in [0, 0.05) is 5.56 Å². The maximum Gasteiger partial charge on any atom is 0.103 e. The smallest absolute Gasteiger partial charge is 0.103 e. The highest BCUT2D eigenvalue weighted by Crippen LogP contribution is 2.16. The second kappa shape index (κ2) is 2.44. The van der Waals surface area contributed by atoms with E-state index < -0.39 is 0 Å². The first-order chi connectivity index (χ1) is 4.25. The Labute approximate surface area is 59.6 Å². The van der Waals surface area contributed by atoms with Gasteiger partial charge in [-0.25, -0.2) is 0 Å². The van der Waals surface area contributed by atoms with Crippen LogP contribution in [0.1, 0.15) is 16.9 Å². The average Bonchev–Trinajstić information content (AvgIpc) is 2.15. The summed E-state index contributed by atoms with van der Waals surface area (Å²) < 4.78 is 5.10. The van der Waals surface area contributed by atoms with E-state index in [4.69, 9.17) is 16.0 Å². The molecule has 1 heterocycles. The van der Waals surface area contributed by atoms with Crippen molar-refractivity contribution >= 4 is 11.6 Å². The second-order valence-corrected chi connectivity index (χ2v) is 2.34. The Morgan fingerprint density at radius 2 is 2.22 bits per heavy atom. The van der Waals surface area contributed by atoms with E-state index in [1.807, 2.05) is 13.8 Å². The topological polar surface area (TPSA) is 13.1 Å². The lowest BCUT2D eigenvalue weighted by molar-refractivity contribution is 0.530. The zero-order valence-corrected chi connectivity index (χ0v) is 6.33. The molecular weight excluding hydrogens is 136 g/mol. The molecule has 0 bridgehead atoms. The molecule has 1 aromatic rings. The van der Waals surface area contributed by atoms with Crippen molar-refractivity contribution in [3.8, 4) is 0 Å². The molecule has 0 atom stereocenters. The van der Waals surface area contributed by atoms with Crippen molar-refractivity contribution in [3.63, 3.8) is 0 Å². The number of furan rings is 1. The van der Waals surface area contributed by atoms with E-state index in [-0.39, 0.29) is 0 Å². The first-order valence-corrected chi connectivity index (χ1v) is 3.38. The lowest BCUT2D eigenvalue weighted by Crippen LogP contribution is -1.76. The van der Waals surface area contributed by atoms with Crippen LogP contribution in [0.5, 0.6) is 0 Å². The van der Waals surface area contributed by atoms with Gasteiger partial charge in [-0.3, -0.25) is 0 Å². The fourth-order valence-corrected chi connectivity index (χ4v) is 0.958. The molecule has 0 amide bonds. The highest BCUT2D eigenvalue weighted by molar-refractivity contribution is 6.17. The Morgan fingerprint density at radius 3 is 2.44 bits per heavy atom. The number of rotatable bonds is 1. The van der Waals surface area contributed by atoms with Gasteiger partial charge in [-0.05, 0) is 19.4 Å². The van der Waals surface area contributed by atoms with Gasteiger partial charge in [-0.2, -0.15) is 0 Å². The first kappa shape index (κ1) is 6.69. The van der Waals surface area contributed by atoms with Gasteiger partial charge in [0.2, 0.25) is 0 Å². The van der Waals surface area contributed by atoms with Crippen LogP contribution < -0.4 is 0 Å². The SMILES string of the molecule is Cc1occ(CCl)c1C. The van der Waals surface area contributed by atoms with Crippen LogP contribution in [0.3, 0.4) is 0 Å². The maximum atomic E-state index is 5.59. The first-order valence-electron chi connectivity index (χ1n) is 2.85. The summed E-state index contributed by atoms with van der Waals surface area (Å²) in [5, 5.41) is 0. The molecule has 0 fully saturated rings. The third-order valence-corrected chi connectivity index (χ3v) is 1.82. The van der Waals surface area contributed by atoms with Crippen molar-refractivity contribution in [1.82, 2.24) is 0 Å². The van der Waals surface area contributed by atoms with Crippen LogP contribution in [-0.4, -0.2) is 0 Å². The Kier molecular flexibility index (Phi) is 1.81. The minimum Gasteiger partial charge on any atom is -0.469 e. The van der Waals surface area contributed by atoms with E-state index in [0.717, 1.165) is 11.3 Å². The van der Waals surface area contributed by atoms with Crippen molar-refractivity contribution in [3.05, 3.63) is 23.2 Å². The molecule has 0 aromatic carbocycles. The van der Waals surface area contributed by atoms with Crippen molar-refractivity contribution in [2.45, 2.75) is 19.7 Å². The van der Waals surface area contributed by atoms with Gasteiger partial charge in [0.25, 0.3) is 0 Å². The molecule has 0 saturated heterocycles. The number of hydrogen-bond acceptors (Lipinski definition) is 1. The fraction of sp³-hybridized carbons (Fsp3) is 0.429. The molecular formula is C7H9ClO. The van der Waals surface area contributed by atoms with Gasteiger partial charge < -0.3 is 4.42 Å². The summed E-state index contributed by atoms with van der Waals surface area (Å²) in [7, 11) is 0. The summed E-state index contributed by atoms with van der Waals surface area (Å²) in [6, 6.07) is 0. The minimum atomic E-state index is 0.545. The number of hydrogen-bond donors (Lipinski definition) is 0. The molecule has 0 aliphatic rings. The number of alkyl halides is 1. The molecule has 9 heavy (non-hydrogen) atoms. The Balaban J connectivity index is 3.04. The standard InChI is InChI=1S/C7H9ClO/c1-5-6(2)9-4-7(5)3-8/h4H,3H2,1-2H3. The van der Waals surface area contributed by atoms with Crippen LogP contribution in [-0.2, 0) is 5.88 Å². The highest BCUT2D eigenvalue weighted by Gasteiger charge is 2.02. The van der Waals surface area contributed by atoms with Gasteiger partial charge in [-0.1, -0.05) is 0 Å². The minimum absolute atomic E-state index is 0.545. The Bertz CT molecular complexity index is 203. The molecule has 0 spiro atoms. The zero-order valence-electron chi connectivity index (χ0n) is 5.57. The Morgan fingerprint density at radius 1 is 1.56 bits per heavy atom. The van der Waals surface area contributed by atoms with E-state index in [2.05, 4.69) is 0 Å². The van der Waals surface area contributed by atoms with Crippen LogP contribution in [0.15, 0.2) is 10.7 Å². The van der Waals surface area contributed by atoms with Gasteiger partial charge in [0.15, 0.2) is 0 Å². The molecule has 50 valence electrons. The third-order valence-electron chi connectivity index (χ3n) is 1.53. The predicted molar refractivity (Wildman–Crippen MR) is 37.7 cm³/mol.